The van der Waals surface area contributed by atoms with Gasteiger partial charge in [0.25, 0.3) is 0 Å². The average molecular weight is 240 g/mol. The van der Waals surface area contributed by atoms with E-state index in [-0.39, 0.29) is 12.6 Å². The highest BCUT2D eigenvalue weighted by molar-refractivity contribution is 5.91. The van der Waals surface area contributed by atoms with Gasteiger partial charge < -0.3 is 4.74 Å². The van der Waals surface area contributed by atoms with Crippen LogP contribution < -0.4 is 0 Å². The normalized spacial score (nSPS) is 18.0. The summed E-state index contributed by atoms with van der Waals surface area (Å²) in [7, 11) is 0. The van der Waals surface area contributed by atoms with Gasteiger partial charge in [-0.3, -0.25) is 0 Å². The molecule has 1 aromatic rings. The van der Waals surface area contributed by atoms with Gasteiger partial charge in [0.1, 0.15) is 6.61 Å². The lowest BCUT2D eigenvalue weighted by Gasteiger charge is -2.15. The lowest BCUT2D eigenvalue weighted by atomic mass is 9.90. The summed E-state index contributed by atoms with van der Waals surface area (Å²) in [5.74, 6) is 0.0693. The highest BCUT2D eigenvalue weighted by atomic mass is 16.5. The molecule has 0 radical (unpaired) electrons. The third-order valence-corrected chi connectivity index (χ3v) is 2.90. The summed E-state index contributed by atoms with van der Waals surface area (Å²) in [6, 6.07) is 10.3. The van der Waals surface area contributed by atoms with Gasteiger partial charge >= 0.3 is 5.97 Å². The van der Waals surface area contributed by atoms with Crippen molar-refractivity contribution in [1.29, 1.82) is 0 Å². The molecular weight excluding hydrogens is 224 g/mol. The predicted molar refractivity (Wildman–Crippen MR) is 72.2 cm³/mol. The molecule has 0 saturated carbocycles. The van der Waals surface area contributed by atoms with Crippen LogP contribution >= 0.6 is 0 Å². The number of benzene rings is 1. The summed E-state index contributed by atoms with van der Waals surface area (Å²) in [5.41, 5.74) is 1.90. The fourth-order valence-electron chi connectivity index (χ4n) is 1.94. The number of rotatable bonds is 4. The van der Waals surface area contributed by atoms with E-state index in [1.807, 2.05) is 30.4 Å². The first-order valence-electron chi connectivity index (χ1n) is 6.02. The Balaban J connectivity index is 1.99. The van der Waals surface area contributed by atoms with E-state index in [1.165, 1.54) is 5.56 Å². The standard InChI is InChI=1S/C16H16O2/c1-2-12-18-16(17)15-10-8-14(9-11-15)13-6-4-3-5-7-13/h2-8,10-11,14H,1,9,12H2. The van der Waals surface area contributed by atoms with Gasteiger partial charge in [-0.1, -0.05) is 61.2 Å². The van der Waals surface area contributed by atoms with Gasteiger partial charge in [0.15, 0.2) is 0 Å². The SMILES string of the molecule is C=CCOC(=O)C1=CCC(c2ccccc2)C=C1. The molecule has 0 fully saturated rings. The molecule has 0 aliphatic heterocycles. The van der Waals surface area contributed by atoms with Crippen molar-refractivity contribution in [3.8, 4) is 0 Å². The van der Waals surface area contributed by atoms with Crippen molar-refractivity contribution in [3.05, 3.63) is 72.4 Å². The number of ether oxygens (including phenoxy) is 1. The lowest BCUT2D eigenvalue weighted by molar-refractivity contribution is -0.137. The van der Waals surface area contributed by atoms with Crippen LogP contribution in [0.25, 0.3) is 0 Å². The second-order valence-electron chi connectivity index (χ2n) is 4.16. The molecule has 92 valence electrons. The number of hydrogen-bond donors (Lipinski definition) is 0. The Bertz CT molecular complexity index is 483. The van der Waals surface area contributed by atoms with Crippen molar-refractivity contribution in [3.63, 3.8) is 0 Å². The second-order valence-corrected chi connectivity index (χ2v) is 4.16. The predicted octanol–water partition coefficient (Wildman–Crippen LogP) is 3.39. The largest absolute Gasteiger partial charge is 0.458 e. The Morgan fingerprint density at radius 3 is 2.78 bits per heavy atom. The van der Waals surface area contributed by atoms with Gasteiger partial charge in [0.05, 0.1) is 5.57 Å². The first-order valence-corrected chi connectivity index (χ1v) is 6.02. The topological polar surface area (TPSA) is 26.3 Å². The molecule has 18 heavy (non-hydrogen) atoms. The van der Waals surface area contributed by atoms with Crippen LogP contribution in [-0.2, 0) is 9.53 Å². The first kappa shape index (κ1) is 12.4. The molecule has 0 heterocycles. The Kier molecular flexibility index (Phi) is 4.13. The Hall–Kier alpha value is -2.09. The fraction of sp³-hybridized carbons (Fsp3) is 0.188. The molecule has 2 rings (SSSR count). The number of hydrogen-bond acceptors (Lipinski definition) is 2. The zero-order chi connectivity index (χ0) is 12.8. The Morgan fingerprint density at radius 2 is 2.17 bits per heavy atom. The molecule has 1 unspecified atom stereocenters. The van der Waals surface area contributed by atoms with E-state index in [0.717, 1.165) is 6.42 Å². The summed E-state index contributed by atoms with van der Waals surface area (Å²) >= 11 is 0. The van der Waals surface area contributed by atoms with Gasteiger partial charge in [-0.2, -0.15) is 0 Å². The molecule has 0 N–H and O–H groups in total. The van der Waals surface area contributed by atoms with E-state index in [2.05, 4.69) is 24.8 Å². The Labute approximate surface area is 107 Å². The maximum atomic E-state index is 11.6. The number of allylic oxidation sites excluding steroid dienone is 2. The third-order valence-electron chi connectivity index (χ3n) is 2.90. The lowest BCUT2D eigenvalue weighted by Crippen LogP contribution is -2.09. The minimum absolute atomic E-state index is 0.256. The van der Waals surface area contributed by atoms with Crippen molar-refractivity contribution in [2.75, 3.05) is 6.61 Å². The minimum Gasteiger partial charge on any atom is -0.458 e. The summed E-state index contributed by atoms with van der Waals surface area (Å²) in [6.45, 7) is 3.77. The van der Waals surface area contributed by atoms with Gasteiger partial charge in [-0.25, -0.2) is 4.79 Å². The van der Waals surface area contributed by atoms with Crippen LogP contribution in [0.3, 0.4) is 0 Å². The van der Waals surface area contributed by atoms with Crippen LogP contribution in [-0.4, -0.2) is 12.6 Å². The van der Waals surface area contributed by atoms with E-state index in [9.17, 15) is 4.79 Å². The maximum absolute atomic E-state index is 11.6. The summed E-state index contributed by atoms with van der Waals surface area (Å²) in [4.78, 5) is 11.6. The number of carbonyl (C=O) groups is 1. The van der Waals surface area contributed by atoms with Gasteiger partial charge in [0, 0.05) is 5.92 Å². The zero-order valence-corrected chi connectivity index (χ0v) is 10.2. The number of carbonyl (C=O) groups excluding carboxylic acids is 1. The first-order chi connectivity index (χ1) is 8.81. The van der Waals surface area contributed by atoms with E-state index < -0.39 is 0 Å². The highest BCUT2D eigenvalue weighted by Gasteiger charge is 2.15. The zero-order valence-electron chi connectivity index (χ0n) is 10.2. The minimum atomic E-state index is -0.280. The summed E-state index contributed by atoms with van der Waals surface area (Å²) in [5, 5.41) is 0. The molecule has 0 aromatic heterocycles. The van der Waals surface area contributed by atoms with Crippen LogP contribution in [0.4, 0.5) is 0 Å². The quantitative estimate of drug-likeness (QED) is 0.595. The molecule has 2 heteroatoms. The average Bonchev–Trinajstić information content (AvgIpc) is 2.46. The molecule has 2 nitrogen and oxygen atoms in total. The summed E-state index contributed by atoms with van der Waals surface area (Å²) < 4.78 is 5.00. The van der Waals surface area contributed by atoms with E-state index in [0.29, 0.717) is 11.5 Å². The van der Waals surface area contributed by atoms with Crippen LogP contribution in [0.1, 0.15) is 17.9 Å². The molecule has 0 saturated heterocycles. The van der Waals surface area contributed by atoms with Crippen LogP contribution in [0.2, 0.25) is 0 Å². The van der Waals surface area contributed by atoms with Crippen molar-refractivity contribution in [2.45, 2.75) is 12.3 Å². The smallest absolute Gasteiger partial charge is 0.338 e. The summed E-state index contributed by atoms with van der Waals surface area (Å²) in [6.07, 6.45) is 8.23. The molecule has 0 bridgehead atoms. The van der Waals surface area contributed by atoms with E-state index in [4.69, 9.17) is 4.74 Å². The fourth-order valence-corrected chi connectivity index (χ4v) is 1.94. The molecule has 1 atom stereocenters. The number of esters is 1. The second kappa shape index (κ2) is 6.01. The van der Waals surface area contributed by atoms with E-state index in [1.54, 1.807) is 6.08 Å². The van der Waals surface area contributed by atoms with Crippen LogP contribution in [0.5, 0.6) is 0 Å². The van der Waals surface area contributed by atoms with Gasteiger partial charge in [-0.05, 0) is 12.0 Å². The maximum Gasteiger partial charge on any atom is 0.338 e. The molecular formula is C16H16O2. The van der Waals surface area contributed by atoms with Crippen LogP contribution in [0, 0.1) is 0 Å². The molecule has 0 spiro atoms. The molecule has 1 aromatic carbocycles. The van der Waals surface area contributed by atoms with Crippen molar-refractivity contribution in [1.82, 2.24) is 0 Å². The van der Waals surface area contributed by atoms with Crippen LogP contribution in [0.15, 0.2) is 66.8 Å². The molecule has 1 aliphatic carbocycles. The van der Waals surface area contributed by atoms with Crippen molar-refractivity contribution >= 4 is 5.97 Å². The molecule has 0 amide bonds. The van der Waals surface area contributed by atoms with Gasteiger partial charge in [-0.15, -0.1) is 0 Å². The van der Waals surface area contributed by atoms with E-state index >= 15 is 0 Å². The highest BCUT2D eigenvalue weighted by Crippen LogP contribution is 2.26. The molecule has 1 aliphatic rings. The third kappa shape index (κ3) is 2.98. The monoisotopic (exact) mass is 240 g/mol. The van der Waals surface area contributed by atoms with Crippen molar-refractivity contribution in [2.24, 2.45) is 0 Å². The van der Waals surface area contributed by atoms with Crippen molar-refractivity contribution < 1.29 is 9.53 Å². The Morgan fingerprint density at radius 1 is 1.39 bits per heavy atom. The van der Waals surface area contributed by atoms with Gasteiger partial charge in [0.2, 0.25) is 0 Å².